The van der Waals surface area contributed by atoms with Crippen LogP contribution >= 0.6 is 0 Å². The predicted molar refractivity (Wildman–Crippen MR) is 253 cm³/mol. The van der Waals surface area contributed by atoms with Gasteiger partial charge in [0.1, 0.15) is 0 Å². The fourth-order valence-electron chi connectivity index (χ4n) is 6.51. The van der Waals surface area contributed by atoms with Crippen LogP contribution in [0.2, 0.25) is 0 Å². The molecule has 0 saturated carbocycles. The Morgan fingerprint density at radius 2 is 0.845 bits per heavy atom. The van der Waals surface area contributed by atoms with Gasteiger partial charge in [0.2, 0.25) is 5.91 Å². The topological polar surface area (TPSA) is 104 Å². The molecular formula is C51H87NO5S. The molecule has 0 bridgehead atoms. The zero-order valence-electron chi connectivity index (χ0n) is 37.1. The number of carbonyl (C=O) groups is 1. The zero-order valence-corrected chi connectivity index (χ0v) is 37.9. The zero-order chi connectivity index (χ0) is 42.5. The molecule has 58 heavy (non-hydrogen) atoms. The van der Waals surface area contributed by atoms with Crippen molar-refractivity contribution in [2.45, 2.75) is 212 Å². The molecule has 1 amide bonds. The van der Waals surface area contributed by atoms with E-state index in [9.17, 15) is 22.9 Å². The maximum atomic E-state index is 12.6. The van der Waals surface area contributed by atoms with Crippen LogP contribution in [-0.4, -0.2) is 41.9 Å². The lowest BCUT2D eigenvalue weighted by molar-refractivity contribution is -0.122. The van der Waals surface area contributed by atoms with Crippen LogP contribution in [0.15, 0.2) is 97.2 Å². The molecule has 0 fully saturated rings. The molecule has 0 aliphatic rings. The molecule has 332 valence electrons. The fraction of sp³-hybridized carbons (Fsp3) is 0.667. The molecule has 2 atom stereocenters. The quantitative estimate of drug-likeness (QED) is 0.0324. The molecule has 0 aromatic heterocycles. The van der Waals surface area contributed by atoms with Gasteiger partial charge in [-0.1, -0.05) is 201 Å². The second kappa shape index (κ2) is 43.8. The summed E-state index contributed by atoms with van der Waals surface area (Å²) in [5.74, 6) is -1.03. The second-order valence-corrected chi connectivity index (χ2v) is 17.1. The minimum atomic E-state index is -4.37. The first-order valence-corrected chi connectivity index (χ1v) is 25.0. The van der Waals surface area contributed by atoms with Gasteiger partial charge in [0.25, 0.3) is 10.1 Å². The molecule has 0 heterocycles. The van der Waals surface area contributed by atoms with E-state index in [1.165, 1.54) is 96.0 Å². The second-order valence-electron chi connectivity index (χ2n) is 15.6. The molecule has 0 aliphatic heterocycles. The van der Waals surface area contributed by atoms with Crippen LogP contribution in [-0.2, 0) is 14.9 Å². The van der Waals surface area contributed by atoms with Crippen molar-refractivity contribution in [1.29, 1.82) is 0 Å². The summed E-state index contributed by atoms with van der Waals surface area (Å²) in [6.07, 6.45) is 65.4. The molecule has 0 spiro atoms. The molecule has 2 unspecified atom stereocenters. The van der Waals surface area contributed by atoms with Gasteiger partial charge < -0.3 is 10.4 Å². The molecule has 3 N–H and O–H groups in total. The summed E-state index contributed by atoms with van der Waals surface area (Å²) >= 11 is 0. The molecule has 0 radical (unpaired) electrons. The molecule has 0 aromatic carbocycles. The smallest absolute Gasteiger partial charge is 0.267 e. The van der Waals surface area contributed by atoms with Gasteiger partial charge in [-0.15, -0.1) is 0 Å². The van der Waals surface area contributed by atoms with Crippen molar-refractivity contribution >= 4 is 16.0 Å². The van der Waals surface area contributed by atoms with Gasteiger partial charge in [0.15, 0.2) is 0 Å². The molecule has 7 heteroatoms. The summed E-state index contributed by atoms with van der Waals surface area (Å²) in [6, 6.07) is -1.09. The van der Waals surface area contributed by atoms with Gasteiger partial charge >= 0.3 is 0 Å². The maximum absolute atomic E-state index is 12.6. The maximum Gasteiger partial charge on any atom is 0.267 e. The number of hydrogen-bond acceptors (Lipinski definition) is 4. The number of carbonyl (C=O) groups excluding carboxylic acids is 1. The lowest BCUT2D eigenvalue weighted by Crippen LogP contribution is -2.46. The lowest BCUT2D eigenvalue weighted by Gasteiger charge is -2.21. The number of hydrogen-bond donors (Lipinski definition) is 3. The largest absolute Gasteiger partial charge is 0.387 e. The van der Waals surface area contributed by atoms with E-state index in [1.54, 1.807) is 6.08 Å². The molecule has 0 aromatic rings. The van der Waals surface area contributed by atoms with E-state index < -0.39 is 28.0 Å². The SMILES string of the molecule is CC/C=C\C/C=C\C/C=C\C/C=C\C/C=C\CCCCCCCCCC(=O)NC(CS(=O)(=O)O)C(O)/C=C/CC/C=C/CC/C=C/CCCCCCCCCCCC. The van der Waals surface area contributed by atoms with Gasteiger partial charge in [0, 0.05) is 6.42 Å². The van der Waals surface area contributed by atoms with E-state index in [0.717, 1.165) is 77.0 Å². The van der Waals surface area contributed by atoms with Gasteiger partial charge in [-0.3, -0.25) is 9.35 Å². The Labute approximate surface area is 358 Å². The van der Waals surface area contributed by atoms with Crippen molar-refractivity contribution in [3.63, 3.8) is 0 Å². The van der Waals surface area contributed by atoms with Crippen molar-refractivity contribution in [1.82, 2.24) is 5.32 Å². The normalized spacial score (nSPS) is 14.1. The van der Waals surface area contributed by atoms with Gasteiger partial charge in [0.05, 0.1) is 17.9 Å². The van der Waals surface area contributed by atoms with Crippen molar-refractivity contribution < 1.29 is 22.9 Å². The summed E-state index contributed by atoms with van der Waals surface area (Å²) in [5, 5.41) is 13.2. The van der Waals surface area contributed by atoms with Crippen LogP contribution in [0, 0.1) is 0 Å². The molecular weight excluding hydrogens is 739 g/mol. The Bertz CT molecular complexity index is 1270. The van der Waals surface area contributed by atoms with Crippen molar-refractivity contribution in [2.75, 3.05) is 5.75 Å². The Morgan fingerprint density at radius 1 is 0.483 bits per heavy atom. The Morgan fingerprint density at radius 3 is 1.29 bits per heavy atom. The number of aliphatic hydroxyl groups is 1. The summed E-state index contributed by atoms with van der Waals surface area (Å²) < 4.78 is 32.6. The van der Waals surface area contributed by atoms with Crippen LogP contribution in [0.25, 0.3) is 0 Å². The summed E-state index contributed by atoms with van der Waals surface area (Å²) in [5.41, 5.74) is 0. The average molecular weight is 826 g/mol. The van der Waals surface area contributed by atoms with Crippen LogP contribution < -0.4 is 5.32 Å². The van der Waals surface area contributed by atoms with E-state index in [0.29, 0.717) is 12.8 Å². The highest BCUT2D eigenvalue weighted by molar-refractivity contribution is 7.85. The van der Waals surface area contributed by atoms with Crippen LogP contribution in [0.3, 0.4) is 0 Å². The third kappa shape index (κ3) is 44.4. The molecule has 0 rings (SSSR count). The van der Waals surface area contributed by atoms with Crippen molar-refractivity contribution in [3.8, 4) is 0 Å². The van der Waals surface area contributed by atoms with E-state index in [-0.39, 0.29) is 12.3 Å². The summed E-state index contributed by atoms with van der Waals surface area (Å²) in [7, 11) is -4.37. The first-order valence-electron chi connectivity index (χ1n) is 23.4. The van der Waals surface area contributed by atoms with Crippen LogP contribution in [0.1, 0.15) is 200 Å². The number of rotatable bonds is 41. The van der Waals surface area contributed by atoms with Crippen LogP contribution in [0.4, 0.5) is 0 Å². The Kier molecular flexibility index (Phi) is 41.8. The summed E-state index contributed by atoms with van der Waals surface area (Å²) in [6.45, 7) is 4.42. The van der Waals surface area contributed by atoms with E-state index in [2.05, 4.69) is 104 Å². The molecule has 0 aliphatic carbocycles. The van der Waals surface area contributed by atoms with Crippen molar-refractivity contribution in [3.05, 3.63) is 97.2 Å². The van der Waals surface area contributed by atoms with Gasteiger partial charge in [-0.2, -0.15) is 8.42 Å². The predicted octanol–water partition coefficient (Wildman–Crippen LogP) is 14.5. The Balaban J connectivity index is 3.98. The highest BCUT2D eigenvalue weighted by atomic mass is 32.2. The highest BCUT2D eigenvalue weighted by Gasteiger charge is 2.24. The number of amides is 1. The fourth-order valence-corrected chi connectivity index (χ4v) is 7.24. The van der Waals surface area contributed by atoms with E-state index in [1.807, 2.05) is 0 Å². The third-order valence-corrected chi connectivity index (χ3v) is 10.8. The molecule has 6 nitrogen and oxygen atoms in total. The molecule has 0 saturated heterocycles. The number of nitrogens with one attached hydrogen (secondary N) is 1. The number of unbranched alkanes of at least 4 members (excludes halogenated alkanes) is 19. The van der Waals surface area contributed by atoms with E-state index in [4.69, 9.17) is 0 Å². The highest BCUT2D eigenvalue weighted by Crippen LogP contribution is 2.13. The number of allylic oxidation sites excluding steroid dienone is 15. The monoisotopic (exact) mass is 826 g/mol. The Hall–Kier alpha value is -2.74. The summed E-state index contributed by atoms with van der Waals surface area (Å²) in [4.78, 5) is 12.6. The first kappa shape index (κ1) is 55.3. The standard InChI is InChI=1S/C51H87NO5S/c1-3-5-7-9-11-13-15-17-19-21-23-25-26-27-29-31-33-35-37-39-41-43-45-47-51(54)52-49(48-58(55,56)57)50(53)46-44-42-40-38-36-34-32-30-28-24-22-20-18-16-14-12-10-8-6-4-2/h5,7,11,13,17,19,23,25,27-30,36,38,44,46,49-50,53H,3-4,6,8-10,12,14-16,18,20-22,24,26,31-35,37,39-43,45,47-48H2,1-2H3,(H,52,54)(H,55,56,57)/b7-5-,13-11-,19-17-,25-23-,29-27-,30-28+,38-36+,46-44+. The lowest BCUT2D eigenvalue weighted by atomic mass is 10.1. The third-order valence-electron chi connectivity index (χ3n) is 9.97. The minimum Gasteiger partial charge on any atom is -0.387 e. The van der Waals surface area contributed by atoms with Crippen molar-refractivity contribution in [2.24, 2.45) is 0 Å². The average Bonchev–Trinajstić information content (AvgIpc) is 3.19. The van der Waals surface area contributed by atoms with E-state index >= 15 is 0 Å². The van der Waals surface area contributed by atoms with Crippen LogP contribution in [0.5, 0.6) is 0 Å². The van der Waals surface area contributed by atoms with Gasteiger partial charge in [-0.25, -0.2) is 0 Å². The number of aliphatic hydroxyl groups excluding tert-OH is 1. The van der Waals surface area contributed by atoms with Gasteiger partial charge in [-0.05, 0) is 89.9 Å². The first-order chi connectivity index (χ1) is 28.3. The minimum absolute atomic E-state index is 0.266.